The minimum atomic E-state index is -1.03. The summed E-state index contributed by atoms with van der Waals surface area (Å²) in [6.45, 7) is 3.99. The van der Waals surface area contributed by atoms with Crippen LogP contribution in [0.1, 0.15) is 45.3 Å². The van der Waals surface area contributed by atoms with Gasteiger partial charge in [-0.2, -0.15) is 0 Å². The van der Waals surface area contributed by atoms with Crippen molar-refractivity contribution < 1.29 is 14.7 Å². The van der Waals surface area contributed by atoms with Crippen LogP contribution < -0.4 is 11.2 Å². The highest BCUT2D eigenvalue weighted by molar-refractivity contribution is 6.13. The molecule has 3 aromatic heterocycles. The summed E-state index contributed by atoms with van der Waals surface area (Å²) in [5.74, 6) is -1.32. The molecular weight excluding hydrogens is 458 g/mol. The standard InChI is InChI=1S/C28H23N3O5/c1-3-12-31-26(33)20-15-18(10-11-21(20)29-28(31)36)25(32)24-16(2)23(22-9-4-5-13-30(22)24)17-7-6-8-19(14-17)27(34)35/h4-11,13-15H,3,12H2,1-2H3,(H,29,36)(H,34,35). The van der Waals surface area contributed by atoms with Gasteiger partial charge in [-0.05, 0) is 66.9 Å². The maximum absolute atomic E-state index is 13.8. The van der Waals surface area contributed by atoms with Gasteiger partial charge in [-0.1, -0.05) is 25.1 Å². The lowest BCUT2D eigenvalue weighted by Gasteiger charge is -2.08. The lowest BCUT2D eigenvalue weighted by molar-refractivity contribution is 0.0696. The molecule has 0 aliphatic rings. The summed E-state index contributed by atoms with van der Waals surface area (Å²) in [6, 6.07) is 16.8. The molecule has 0 aliphatic carbocycles. The van der Waals surface area contributed by atoms with Gasteiger partial charge in [0.1, 0.15) is 0 Å². The smallest absolute Gasteiger partial charge is 0.335 e. The number of nitrogens with one attached hydrogen (secondary N) is 1. The Bertz CT molecular complexity index is 1810. The first kappa shape index (κ1) is 23.0. The van der Waals surface area contributed by atoms with Gasteiger partial charge in [0, 0.05) is 23.9 Å². The SMILES string of the molecule is CCCn1c(=O)[nH]c2ccc(C(=O)c3c(C)c(-c4cccc(C(=O)O)c4)c4ccccn34)cc2c1=O. The van der Waals surface area contributed by atoms with Crippen LogP contribution in [-0.2, 0) is 6.54 Å². The first-order valence-corrected chi connectivity index (χ1v) is 11.6. The molecule has 5 rings (SSSR count). The van der Waals surface area contributed by atoms with E-state index in [9.17, 15) is 24.3 Å². The molecule has 0 bridgehead atoms. The molecule has 8 nitrogen and oxygen atoms in total. The van der Waals surface area contributed by atoms with Crippen molar-refractivity contribution in [3.63, 3.8) is 0 Å². The molecule has 0 aliphatic heterocycles. The second-order valence-electron chi connectivity index (χ2n) is 8.67. The first-order valence-electron chi connectivity index (χ1n) is 11.6. The van der Waals surface area contributed by atoms with Crippen LogP contribution in [0.25, 0.3) is 27.5 Å². The van der Waals surface area contributed by atoms with Gasteiger partial charge in [-0.25, -0.2) is 9.59 Å². The van der Waals surface area contributed by atoms with Crippen molar-refractivity contribution in [3.8, 4) is 11.1 Å². The number of carboxylic acid groups (broad SMARTS) is 1. The highest BCUT2D eigenvalue weighted by atomic mass is 16.4. The number of aromatic carboxylic acids is 1. The monoisotopic (exact) mass is 481 g/mol. The van der Waals surface area contributed by atoms with Crippen LogP contribution in [0.4, 0.5) is 0 Å². The minimum Gasteiger partial charge on any atom is -0.478 e. The van der Waals surface area contributed by atoms with E-state index in [4.69, 9.17) is 0 Å². The van der Waals surface area contributed by atoms with Crippen LogP contribution in [0.2, 0.25) is 0 Å². The fourth-order valence-electron chi connectivity index (χ4n) is 4.74. The maximum Gasteiger partial charge on any atom is 0.335 e. The molecular formula is C28H23N3O5. The average molecular weight is 482 g/mol. The quantitative estimate of drug-likeness (QED) is 0.352. The van der Waals surface area contributed by atoms with Gasteiger partial charge in [0.2, 0.25) is 5.78 Å². The van der Waals surface area contributed by atoms with Crippen LogP contribution in [0, 0.1) is 6.92 Å². The fourth-order valence-corrected chi connectivity index (χ4v) is 4.74. The van der Waals surface area contributed by atoms with E-state index in [1.54, 1.807) is 34.9 Å². The molecule has 8 heteroatoms. The molecule has 0 unspecified atom stereocenters. The number of hydrogen-bond acceptors (Lipinski definition) is 4. The summed E-state index contributed by atoms with van der Waals surface area (Å²) in [6.07, 6.45) is 2.40. The molecule has 0 atom stereocenters. The van der Waals surface area contributed by atoms with Crippen molar-refractivity contribution >= 4 is 28.2 Å². The minimum absolute atomic E-state index is 0.155. The number of nitrogens with zero attached hydrogens (tertiary/aromatic N) is 2. The zero-order valence-electron chi connectivity index (χ0n) is 19.7. The van der Waals surface area contributed by atoms with E-state index >= 15 is 0 Å². The average Bonchev–Trinajstić information content (AvgIpc) is 3.17. The van der Waals surface area contributed by atoms with Crippen LogP contribution in [0.5, 0.6) is 0 Å². The number of carboxylic acids is 1. The molecule has 0 fully saturated rings. The van der Waals surface area contributed by atoms with Crippen LogP contribution in [-0.4, -0.2) is 30.8 Å². The molecule has 0 amide bonds. The zero-order valence-corrected chi connectivity index (χ0v) is 19.7. The van der Waals surface area contributed by atoms with E-state index in [1.807, 2.05) is 38.1 Å². The molecule has 0 spiro atoms. The van der Waals surface area contributed by atoms with E-state index in [-0.39, 0.29) is 23.3 Å². The molecule has 2 N–H and O–H groups in total. The van der Waals surface area contributed by atoms with Crippen molar-refractivity contribution in [1.82, 2.24) is 14.0 Å². The Balaban J connectivity index is 1.71. The third-order valence-corrected chi connectivity index (χ3v) is 6.39. The fraction of sp³-hybridized carbons (Fsp3) is 0.143. The van der Waals surface area contributed by atoms with Gasteiger partial charge in [0.15, 0.2) is 0 Å². The predicted molar refractivity (Wildman–Crippen MR) is 137 cm³/mol. The molecule has 2 aromatic carbocycles. The van der Waals surface area contributed by atoms with E-state index < -0.39 is 17.2 Å². The van der Waals surface area contributed by atoms with Gasteiger partial charge in [-0.3, -0.25) is 14.2 Å². The Kier molecular flexibility index (Phi) is 5.64. The molecule has 180 valence electrons. The topological polar surface area (TPSA) is 114 Å². The van der Waals surface area contributed by atoms with Crippen LogP contribution in [0.3, 0.4) is 0 Å². The lowest BCUT2D eigenvalue weighted by Crippen LogP contribution is -2.35. The van der Waals surface area contributed by atoms with Gasteiger partial charge in [0.05, 0.1) is 27.7 Å². The van der Waals surface area contributed by atoms with Crippen molar-refractivity contribution in [2.45, 2.75) is 26.8 Å². The zero-order chi connectivity index (χ0) is 25.6. The van der Waals surface area contributed by atoms with Crippen molar-refractivity contribution in [1.29, 1.82) is 0 Å². The van der Waals surface area contributed by atoms with Crippen LogP contribution >= 0.6 is 0 Å². The number of aromatic amines is 1. The molecule has 0 radical (unpaired) electrons. The number of pyridine rings is 1. The van der Waals surface area contributed by atoms with Gasteiger partial charge >= 0.3 is 11.7 Å². The van der Waals surface area contributed by atoms with Crippen LogP contribution in [0.15, 0.2) is 76.4 Å². The van der Waals surface area contributed by atoms with Gasteiger partial charge in [0.25, 0.3) is 5.56 Å². The number of hydrogen-bond donors (Lipinski definition) is 2. The first-order chi connectivity index (χ1) is 17.3. The summed E-state index contributed by atoms with van der Waals surface area (Å²) in [7, 11) is 0. The number of H-pyrrole nitrogens is 1. The number of benzene rings is 2. The summed E-state index contributed by atoms with van der Waals surface area (Å²) < 4.78 is 2.93. The van der Waals surface area contributed by atoms with Gasteiger partial charge < -0.3 is 14.5 Å². The normalized spacial score (nSPS) is 11.3. The highest BCUT2D eigenvalue weighted by Crippen LogP contribution is 2.34. The molecule has 5 aromatic rings. The number of aromatic nitrogens is 3. The Morgan fingerprint density at radius 1 is 0.972 bits per heavy atom. The Morgan fingerprint density at radius 3 is 2.53 bits per heavy atom. The molecule has 3 heterocycles. The summed E-state index contributed by atoms with van der Waals surface area (Å²) in [4.78, 5) is 53.4. The van der Waals surface area contributed by atoms with E-state index in [1.165, 1.54) is 12.1 Å². The summed E-state index contributed by atoms with van der Waals surface area (Å²) in [5.41, 5.74) is 3.24. The number of fused-ring (bicyclic) bond motifs is 2. The van der Waals surface area contributed by atoms with E-state index in [0.717, 1.165) is 15.6 Å². The Morgan fingerprint density at radius 2 is 1.78 bits per heavy atom. The second-order valence-corrected chi connectivity index (χ2v) is 8.67. The molecule has 0 saturated heterocycles. The molecule has 0 saturated carbocycles. The van der Waals surface area contributed by atoms with Crippen molar-refractivity contribution in [2.24, 2.45) is 0 Å². The van der Waals surface area contributed by atoms with Crippen molar-refractivity contribution in [2.75, 3.05) is 0 Å². The largest absolute Gasteiger partial charge is 0.478 e. The van der Waals surface area contributed by atoms with Crippen molar-refractivity contribution in [3.05, 3.63) is 110 Å². The highest BCUT2D eigenvalue weighted by Gasteiger charge is 2.23. The Labute approximate surface area is 205 Å². The third kappa shape index (κ3) is 3.63. The number of ketones is 1. The third-order valence-electron chi connectivity index (χ3n) is 6.39. The number of rotatable bonds is 6. The van der Waals surface area contributed by atoms with E-state index in [0.29, 0.717) is 34.3 Å². The summed E-state index contributed by atoms with van der Waals surface area (Å²) >= 11 is 0. The lowest BCUT2D eigenvalue weighted by atomic mass is 9.97. The van der Waals surface area contributed by atoms with E-state index in [2.05, 4.69) is 4.98 Å². The van der Waals surface area contributed by atoms with Gasteiger partial charge in [-0.15, -0.1) is 0 Å². The summed E-state index contributed by atoms with van der Waals surface area (Å²) in [5, 5.41) is 9.72. The second kappa shape index (κ2) is 8.81. The number of carbonyl (C=O) groups is 2. The molecule has 36 heavy (non-hydrogen) atoms. The predicted octanol–water partition coefficient (Wildman–Crippen LogP) is 4.26. The Hall–Kier alpha value is -4.72. The number of carbonyl (C=O) groups excluding carboxylic acids is 1. The maximum atomic E-state index is 13.8.